The number of methoxy groups -OCH3 is 1. The van der Waals surface area contributed by atoms with E-state index in [9.17, 15) is 9.90 Å². The maximum atomic E-state index is 11.3. The van der Waals surface area contributed by atoms with Gasteiger partial charge in [0.1, 0.15) is 0 Å². The average Bonchev–Trinajstić information content (AvgIpc) is 2.48. The SMILES string of the molecule is COc1ccccc1OC(Cc1ccccc1)C(=O)O. The lowest BCUT2D eigenvalue weighted by atomic mass is 10.1. The molecule has 0 saturated heterocycles. The van der Waals surface area contributed by atoms with Gasteiger partial charge in [-0.25, -0.2) is 4.79 Å². The molecule has 0 aliphatic rings. The third-order valence-electron chi connectivity index (χ3n) is 2.88. The minimum Gasteiger partial charge on any atom is -0.493 e. The standard InChI is InChI=1S/C16H16O4/c1-19-13-9-5-6-10-14(13)20-15(16(17)18)11-12-7-3-2-4-8-12/h2-10,15H,11H2,1H3,(H,17,18). The van der Waals surface area contributed by atoms with Crippen molar-refractivity contribution in [3.63, 3.8) is 0 Å². The maximum Gasteiger partial charge on any atom is 0.345 e. The molecule has 0 bridgehead atoms. The molecule has 20 heavy (non-hydrogen) atoms. The molecule has 1 unspecified atom stereocenters. The number of carboxylic acids is 1. The lowest BCUT2D eigenvalue weighted by Crippen LogP contribution is -2.29. The molecule has 0 aliphatic carbocycles. The van der Waals surface area contributed by atoms with Gasteiger partial charge in [-0.1, -0.05) is 42.5 Å². The average molecular weight is 272 g/mol. The molecule has 4 nitrogen and oxygen atoms in total. The van der Waals surface area contributed by atoms with Crippen LogP contribution in [0.25, 0.3) is 0 Å². The van der Waals surface area contributed by atoms with Crippen LogP contribution < -0.4 is 9.47 Å². The number of benzene rings is 2. The van der Waals surface area contributed by atoms with Crippen molar-refractivity contribution < 1.29 is 19.4 Å². The van der Waals surface area contributed by atoms with Crippen LogP contribution in [0.3, 0.4) is 0 Å². The van der Waals surface area contributed by atoms with Gasteiger partial charge in [-0.2, -0.15) is 0 Å². The molecule has 0 heterocycles. The van der Waals surface area contributed by atoms with Crippen molar-refractivity contribution in [1.82, 2.24) is 0 Å². The van der Waals surface area contributed by atoms with E-state index in [0.717, 1.165) is 5.56 Å². The number of rotatable bonds is 6. The van der Waals surface area contributed by atoms with Gasteiger partial charge < -0.3 is 14.6 Å². The molecule has 0 spiro atoms. The van der Waals surface area contributed by atoms with E-state index in [-0.39, 0.29) is 0 Å². The van der Waals surface area contributed by atoms with E-state index in [2.05, 4.69) is 0 Å². The van der Waals surface area contributed by atoms with Crippen LogP contribution >= 0.6 is 0 Å². The first kappa shape index (κ1) is 13.9. The molecule has 0 saturated carbocycles. The minimum absolute atomic E-state index is 0.300. The lowest BCUT2D eigenvalue weighted by molar-refractivity contribution is -0.145. The van der Waals surface area contributed by atoms with E-state index in [0.29, 0.717) is 17.9 Å². The Morgan fingerprint density at radius 2 is 1.65 bits per heavy atom. The van der Waals surface area contributed by atoms with Gasteiger partial charge in [-0.05, 0) is 17.7 Å². The van der Waals surface area contributed by atoms with Gasteiger partial charge in [0, 0.05) is 6.42 Å². The Hall–Kier alpha value is -2.49. The summed E-state index contributed by atoms with van der Waals surface area (Å²) in [4.78, 5) is 11.3. The Morgan fingerprint density at radius 1 is 1.05 bits per heavy atom. The van der Waals surface area contributed by atoms with Crippen molar-refractivity contribution >= 4 is 5.97 Å². The highest BCUT2D eigenvalue weighted by Gasteiger charge is 2.21. The number of hydrogen-bond acceptors (Lipinski definition) is 3. The second kappa shape index (κ2) is 6.61. The summed E-state index contributed by atoms with van der Waals surface area (Å²) in [5.74, 6) is -0.0510. The van der Waals surface area contributed by atoms with E-state index in [1.807, 2.05) is 30.3 Å². The van der Waals surface area contributed by atoms with Gasteiger partial charge in [0.2, 0.25) is 0 Å². The van der Waals surface area contributed by atoms with Gasteiger partial charge >= 0.3 is 5.97 Å². The molecule has 1 N–H and O–H groups in total. The molecule has 1 atom stereocenters. The van der Waals surface area contributed by atoms with Crippen LogP contribution in [0.15, 0.2) is 54.6 Å². The number of para-hydroxylation sites is 2. The van der Waals surface area contributed by atoms with Crippen LogP contribution in [0.4, 0.5) is 0 Å². The van der Waals surface area contributed by atoms with Crippen molar-refractivity contribution in [3.8, 4) is 11.5 Å². The summed E-state index contributed by atoms with van der Waals surface area (Å²) in [5.41, 5.74) is 0.912. The van der Waals surface area contributed by atoms with Crippen molar-refractivity contribution in [2.75, 3.05) is 7.11 Å². The molecule has 0 fully saturated rings. The zero-order chi connectivity index (χ0) is 14.4. The third-order valence-corrected chi connectivity index (χ3v) is 2.88. The molecule has 2 rings (SSSR count). The zero-order valence-electron chi connectivity index (χ0n) is 11.2. The maximum absolute atomic E-state index is 11.3. The van der Waals surface area contributed by atoms with Crippen LogP contribution in [0, 0.1) is 0 Å². The summed E-state index contributed by atoms with van der Waals surface area (Å²) >= 11 is 0. The second-order valence-electron chi connectivity index (χ2n) is 4.29. The summed E-state index contributed by atoms with van der Waals surface area (Å²) in [7, 11) is 1.52. The molecular formula is C16H16O4. The fraction of sp³-hybridized carbons (Fsp3) is 0.188. The Bertz CT molecular complexity index is 566. The second-order valence-corrected chi connectivity index (χ2v) is 4.29. The van der Waals surface area contributed by atoms with E-state index < -0.39 is 12.1 Å². The molecule has 2 aromatic rings. The first-order chi connectivity index (χ1) is 9.70. The summed E-state index contributed by atoms with van der Waals surface area (Å²) < 4.78 is 10.7. The summed E-state index contributed by atoms with van der Waals surface area (Å²) in [6.07, 6.45) is -0.650. The molecule has 0 radical (unpaired) electrons. The lowest BCUT2D eigenvalue weighted by Gasteiger charge is -2.17. The minimum atomic E-state index is -1.00. The number of ether oxygens (including phenoxy) is 2. The molecule has 104 valence electrons. The highest BCUT2D eigenvalue weighted by atomic mass is 16.5. The van der Waals surface area contributed by atoms with Gasteiger partial charge in [0.15, 0.2) is 17.6 Å². The number of aliphatic carboxylic acids is 1. The van der Waals surface area contributed by atoms with Crippen LogP contribution in [0.1, 0.15) is 5.56 Å². The van der Waals surface area contributed by atoms with Crippen molar-refractivity contribution in [3.05, 3.63) is 60.2 Å². The summed E-state index contributed by atoms with van der Waals surface area (Å²) in [6, 6.07) is 16.4. The molecule has 0 aromatic heterocycles. The Labute approximate surface area is 117 Å². The highest BCUT2D eigenvalue weighted by molar-refractivity contribution is 5.73. The van der Waals surface area contributed by atoms with Crippen molar-refractivity contribution in [2.24, 2.45) is 0 Å². The van der Waals surface area contributed by atoms with Crippen molar-refractivity contribution in [1.29, 1.82) is 0 Å². The summed E-state index contributed by atoms with van der Waals surface area (Å²) in [6.45, 7) is 0. The van der Waals surface area contributed by atoms with E-state index in [1.165, 1.54) is 7.11 Å². The number of hydrogen-bond donors (Lipinski definition) is 1. The fourth-order valence-corrected chi connectivity index (χ4v) is 1.88. The monoisotopic (exact) mass is 272 g/mol. The molecule has 0 aliphatic heterocycles. The molecular weight excluding hydrogens is 256 g/mol. The first-order valence-corrected chi connectivity index (χ1v) is 6.27. The van der Waals surface area contributed by atoms with Gasteiger partial charge in [-0.15, -0.1) is 0 Å². The van der Waals surface area contributed by atoms with Gasteiger partial charge in [-0.3, -0.25) is 0 Å². The van der Waals surface area contributed by atoms with Gasteiger partial charge in [0.25, 0.3) is 0 Å². The Morgan fingerprint density at radius 3 is 2.25 bits per heavy atom. The van der Waals surface area contributed by atoms with Crippen LogP contribution in [0.2, 0.25) is 0 Å². The number of carboxylic acid groups (broad SMARTS) is 1. The zero-order valence-corrected chi connectivity index (χ0v) is 11.2. The highest BCUT2D eigenvalue weighted by Crippen LogP contribution is 2.27. The smallest absolute Gasteiger partial charge is 0.345 e. The predicted molar refractivity (Wildman–Crippen MR) is 75.2 cm³/mol. The normalized spacial score (nSPS) is 11.7. The Balaban J connectivity index is 2.16. The van der Waals surface area contributed by atoms with Crippen molar-refractivity contribution in [2.45, 2.75) is 12.5 Å². The molecule has 0 amide bonds. The van der Waals surface area contributed by atoms with Crippen LogP contribution in [-0.2, 0) is 11.2 Å². The fourth-order valence-electron chi connectivity index (χ4n) is 1.88. The van der Waals surface area contributed by atoms with Gasteiger partial charge in [0.05, 0.1) is 7.11 Å². The van der Waals surface area contributed by atoms with Crippen LogP contribution in [-0.4, -0.2) is 24.3 Å². The first-order valence-electron chi connectivity index (χ1n) is 6.27. The Kier molecular flexibility index (Phi) is 4.60. The largest absolute Gasteiger partial charge is 0.493 e. The quantitative estimate of drug-likeness (QED) is 0.878. The topological polar surface area (TPSA) is 55.8 Å². The number of carbonyl (C=O) groups is 1. The van der Waals surface area contributed by atoms with E-state index >= 15 is 0 Å². The van der Waals surface area contributed by atoms with E-state index in [1.54, 1.807) is 24.3 Å². The summed E-state index contributed by atoms with van der Waals surface area (Å²) in [5, 5.41) is 9.29. The molecule has 2 aromatic carbocycles. The molecule has 4 heteroatoms. The third kappa shape index (κ3) is 3.51. The van der Waals surface area contributed by atoms with Crippen LogP contribution in [0.5, 0.6) is 11.5 Å². The predicted octanol–water partition coefficient (Wildman–Crippen LogP) is 2.77. The van der Waals surface area contributed by atoms with E-state index in [4.69, 9.17) is 9.47 Å².